The molecule has 0 saturated carbocycles. The van der Waals surface area contributed by atoms with Crippen molar-refractivity contribution in [2.75, 3.05) is 25.6 Å². The second-order valence-electron chi connectivity index (χ2n) is 4.49. The summed E-state index contributed by atoms with van der Waals surface area (Å²) in [6.07, 6.45) is 0.261. The van der Waals surface area contributed by atoms with Gasteiger partial charge in [0.2, 0.25) is 15.9 Å². The number of benzene rings is 1. The summed E-state index contributed by atoms with van der Waals surface area (Å²) in [5, 5.41) is 11.5. The maximum atomic E-state index is 12.2. The molecule has 0 aliphatic rings. The minimum Gasteiger partial charge on any atom is -0.396 e. The molecule has 0 aliphatic heterocycles. The van der Waals surface area contributed by atoms with Gasteiger partial charge in [0.05, 0.1) is 11.5 Å². The Kier molecular flexibility index (Phi) is 6.76. The Morgan fingerprint density at radius 1 is 1.33 bits per heavy atom. The van der Waals surface area contributed by atoms with Crippen molar-refractivity contribution in [3.05, 3.63) is 24.3 Å². The van der Waals surface area contributed by atoms with E-state index in [4.69, 9.17) is 9.84 Å². The molecular formula is C13H20N2O5S. The van der Waals surface area contributed by atoms with Crippen LogP contribution < -0.4 is 10.0 Å². The van der Waals surface area contributed by atoms with Crippen LogP contribution in [0.2, 0.25) is 0 Å². The van der Waals surface area contributed by atoms with Gasteiger partial charge in [-0.2, -0.15) is 0 Å². The van der Waals surface area contributed by atoms with Crippen molar-refractivity contribution in [1.29, 1.82) is 0 Å². The fourth-order valence-corrected chi connectivity index (χ4v) is 3.00. The highest BCUT2D eigenvalue weighted by Gasteiger charge is 2.19. The van der Waals surface area contributed by atoms with Gasteiger partial charge in [-0.05, 0) is 30.7 Å². The summed E-state index contributed by atoms with van der Waals surface area (Å²) in [7, 11) is -2.24. The number of sulfonamides is 1. The number of amides is 1. The molecule has 1 atom stereocenters. The van der Waals surface area contributed by atoms with E-state index >= 15 is 0 Å². The van der Waals surface area contributed by atoms with Gasteiger partial charge >= 0.3 is 0 Å². The summed E-state index contributed by atoms with van der Waals surface area (Å²) in [6, 6.07) is 5.31. The molecule has 0 saturated heterocycles. The van der Waals surface area contributed by atoms with Gasteiger partial charge in [0.15, 0.2) is 0 Å². The van der Waals surface area contributed by atoms with E-state index in [1.165, 1.54) is 38.3 Å². The maximum Gasteiger partial charge on any atom is 0.240 e. The normalized spacial score (nSPS) is 12.9. The minimum atomic E-state index is -3.70. The van der Waals surface area contributed by atoms with Crippen molar-refractivity contribution in [3.8, 4) is 0 Å². The first-order valence-corrected chi connectivity index (χ1v) is 7.87. The largest absolute Gasteiger partial charge is 0.396 e. The molecule has 118 valence electrons. The lowest BCUT2D eigenvalue weighted by Gasteiger charge is -2.17. The first-order valence-electron chi connectivity index (χ1n) is 6.39. The van der Waals surface area contributed by atoms with Crippen LogP contribution >= 0.6 is 0 Å². The third-order valence-electron chi connectivity index (χ3n) is 2.65. The lowest BCUT2D eigenvalue weighted by Crippen LogP contribution is -2.38. The molecule has 1 amide bonds. The molecule has 0 aromatic heterocycles. The molecule has 0 spiro atoms. The molecule has 1 unspecified atom stereocenters. The summed E-state index contributed by atoms with van der Waals surface area (Å²) in [4.78, 5) is 11.0. The molecule has 7 nitrogen and oxygen atoms in total. The number of ether oxygens (including phenoxy) is 1. The molecule has 0 radical (unpaired) electrons. The fraction of sp³-hybridized carbons (Fsp3) is 0.462. The highest BCUT2D eigenvalue weighted by atomic mass is 32.2. The Labute approximate surface area is 124 Å². The summed E-state index contributed by atoms with van der Waals surface area (Å²) in [6.45, 7) is 1.40. The topological polar surface area (TPSA) is 105 Å². The van der Waals surface area contributed by atoms with Crippen molar-refractivity contribution < 1.29 is 23.1 Å². The van der Waals surface area contributed by atoms with Crippen molar-refractivity contribution in [2.45, 2.75) is 24.3 Å². The van der Waals surface area contributed by atoms with Gasteiger partial charge < -0.3 is 15.2 Å². The number of anilines is 1. The minimum absolute atomic E-state index is 0.0793. The predicted molar refractivity (Wildman–Crippen MR) is 78.4 cm³/mol. The molecule has 0 bridgehead atoms. The molecule has 21 heavy (non-hydrogen) atoms. The number of methoxy groups -OCH3 is 1. The number of rotatable bonds is 8. The average Bonchev–Trinajstić information content (AvgIpc) is 2.38. The summed E-state index contributed by atoms with van der Waals surface area (Å²) < 4.78 is 31.8. The van der Waals surface area contributed by atoms with Gasteiger partial charge in [-0.15, -0.1) is 0 Å². The first kappa shape index (κ1) is 17.6. The molecule has 3 N–H and O–H groups in total. The Morgan fingerprint density at radius 3 is 2.43 bits per heavy atom. The molecule has 1 aromatic carbocycles. The Hall–Kier alpha value is -1.48. The number of nitrogens with one attached hydrogen (secondary N) is 2. The van der Waals surface area contributed by atoms with Crippen molar-refractivity contribution in [1.82, 2.24) is 4.72 Å². The summed E-state index contributed by atoms with van der Waals surface area (Å²) in [5.41, 5.74) is 0.519. The van der Waals surface area contributed by atoms with Crippen molar-refractivity contribution >= 4 is 21.6 Å². The van der Waals surface area contributed by atoms with Crippen LogP contribution in [-0.4, -0.2) is 45.8 Å². The fourth-order valence-electron chi connectivity index (χ4n) is 1.74. The van der Waals surface area contributed by atoms with Crippen LogP contribution in [0.4, 0.5) is 5.69 Å². The van der Waals surface area contributed by atoms with E-state index in [1.54, 1.807) is 0 Å². The lowest BCUT2D eigenvalue weighted by atomic mass is 10.2. The first-order chi connectivity index (χ1) is 9.89. The third kappa shape index (κ3) is 5.80. The van der Waals surface area contributed by atoms with E-state index in [2.05, 4.69) is 10.0 Å². The lowest BCUT2D eigenvalue weighted by molar-refractivity contribution is -0.114. The van der Waals surface area contributed by atoms with Gasteiger partial charge in [-0.25, -0.2) is 13.1 Å². The zero-order valence-electron chi connectivity index (χ0n) is 12.0. The Morgan fingerprint density at radius 2 is 1.95 bits per heavy atom. The van der Waals surface area contributed by atoms with E-state index < -0.39 is 16.1 Å². The molecule has 1 rings (SSSR count). The number of aliphatic hydroxyl groups is 1. The van der Waals surface area contributed by atoms with Crippen LogP contribution in [0, 0.1) is 0 Å². The van der Waals surface area contributed by atoms with Crippen LogP contribution in [0.25, 0.3) is 0 Å². The summed E-state index contributed by atoms with van der Waals surface area (Å²) in [5.74, 6) is -0.230. The smallest absolute Gasteiger partial charge is 0.240 e. The highest BCUT2D eigenvalue weighted by molar-refractivity contribution is 7.89. The number of hydrogen-bond acceptors (Lipinski definition) is 5. The highest BCUT2D eigenvalue weighted by Crippen LogP contribution is 2.14. The molecule has 0 heterocycles. The SMILES string of the molecule is COCC(CCO)NS(=O)(=O)c1ccc(NC(C)=O)cc1. The maximum absolute atomic E-state index is 12.2. The second kappa shape index (κ2) is 8.08. The van der Waals surface area contributed by atoms with Gasteiger partial charge in [-0.3, -0.25) is 4.79 Å². The van der Waals surface area contributed by atoms with Crippen molar-refractivity contribution in [2.24, 2.45) is 0 Å². The van der Waals surface area contributed by atoms with Crippen LogP contribution in [-0.2, 0) is 19.6 Å². The Balaban J connectivity index is 2.83. The molecule has 1 aromatic rings. The van der Waals surface area contributed by atoms with Gasteiger partial charge in [-0.1, -0.05) is 0 Å². The van der Waals surface area contributed by atoms with Crippen molar-refractivity contribution in [3.63, 3.8) is 0 Å². The van der Waals surface area contributed by atoms with E-state index in [1.807, 2.05) is 0 Å². The number of carbonyl (C=O) groups excluding carboxylic acids is 1. The number of aliphatic hydroxyl groups excluding tert-OH is 1. The van der Waals surface area contributed by atoms with Gasteiger partial charge in [0.25, 0.3) is 0 Å². The van der Waals surface area contributed by atoms with Crippen LogP contribution in [0.3, 0.4) is 0 Å². The summed E-state index contributed by atoms with van der Waals surface area (Å²) >= 11 is 0. The molecule has 0 aliphatic carbocycles. The number of carbonyl (C=O) groups is 1. The van der Waals surface area contributed by atoms with E-state index in [0.717, 1.165) is 0 Å². The zero-order valence-corrected chi connectivity index (χ0v) is 12.8. The number of hydrogen-bond donors (Lipinski definition) is 3. The van der Waals surface area contributed by atoms with E-state index in [0.29, 0.717) is 5.69 Å². The van der Waals surface area contributed by atoms with Crippen LogP contribution in [0.15, 0.2) is 29.2 Å². The monoisotopic (exact) mass is 316 g/mol. The molecular weight excluding hydrogens is 296 g/mol. The Bertz CT molecular complexity index is 550. The second-order valence-corrected chi connectivity index (χ2v) is 6.21. The zero-order chi connectivity index (χ0) is 15.9. The quantitative estimate of drug-likeness (QED) is 0.641. The molecule has 0 fully saturated rings. The average molecular weight is 316 g/mol. The molecule has 8 heteroatoms. The van der Waals surface area contributed by atoms with Gasteiger partial charge in [0.1, 0.15) is 0 Å². The van der Waals surface area contributed by atoms with E-state index in [9.17, 15) is 13.2 Å². The van der Waals surface area contributed by atoms with Crippen LogP contribution in [0.1, 0.15) is 13.3 Å². The van der Waals surface area contributed by atoms with E-state index in [-0.39, 0.29) is 30.4 Å². The standard InChI is InChI=1S/C13H20N2O5S/c1-10(17)14-11-3-5-13(6-4-11)21(18,19)15-12(7-8-16)9-20-2/h3-6,12,15-16H,7-9H2,1-2H3,(H,14,17). The predicted octanol–water partition coefficient (Wildman–Crippen LogP) is 0.321. The third-order valence-corrected chi connectivity index (χ3v) is 4.19. The van der Waals surface area contributed by atoms with Crippen LogP contribution in [0.5, 0.6) is 0 Å². The van der Waals surface area contributed by atoms with Gasteiger partial charge in [0, 0.05) is 32.4 Å².